The van der Waals surface area contributed by atoms with E-state index in [1.54, 1.807) is 24.3 Å². The van der Waals surface area contributed by atoms with E-state index in [0.29, 0.717) is 13.0 Å². The molecule has 2 N–H and O–H groups in total. The number of benzene rings is 2. The molecule has 0 amide bonds. The normalized spacial score (nSPS) is 11.6. The van der Waals surface area contributed by atoms with Gasteiger partial charge in [-0.25, -0.2) is 8.78 Å². The summed E-state index contributed by atoms with van der Waals surface area (Å²) < 4.78 is 26.1. The highest BCUT2D eigenvalue weighted by Crippen LogP contribution is 2.35. The maximum atomic E-state index is 13.0. The predicted octanol–water partition coefficient (Wildman–Crippen LogP) is 3.62. The van der Waals surface area contributed by atoms with Crippen LogP contribution in [-0.4, -0.2) is 6.54 Å². The number of nitrogens with two attached hydrogens (primary N) is 1. The Labute approximate surface area is 112 Å². The van der Waals surface area contributed by atoms with Gasteiger partial charge in [-0.15, -0.1) is 0 Å². The highest BCUT2D eigenvalue weighted by molar-refractivity contribution is 5.38. The van der Waals surface area contributed by atoms with Gasteiger partial charge in [0, 0.05) is 5.41 Å². The standard InChI is InChI=1S/C16H17F2N/c1-16(10-11-19,12-2-6-14(17)7-3-12)13-4-8-15(18)9-5-13/h2-9H,10-11,19H2,1H3. The van der Waals surface area contributed by atoms with Crippen molar-refractivity contribution in [2.75, 3.05) is 6.54 Å². The molecule has 0 aliphatic heterocycles. The van der Waals surface area contributed by atoms with Gasteiger partial charge in [-0.2, -0.15) is 0 Å². The molecule has 0 spiro atoms. The minimum absolute atomic E-state index is 0.266. The lowest BCUT2D eigenvalue weighted by molar-refractivity contribution is 0.523. The van der Waals surface area contributed by atoms with Crippen LogP contribution in [0.4, 0.5) is 8.78 Å². The molecule has 0 aromatic heterocycles. The fraction of sp³-hybridized carbons (Fsp3) is 0.250. The second kappa shape index (κ2) is 5.49. The fourth-order valence-corrected chi connectivity index (χ4v) is 2.38. The number of hydrogen-bond acceptors (Lipinski definition) is 1. The minimum atomic E-state index is -0.337. The van der Waals surface area contributed by atoms with Crippen molar-refractivity contribution in [3.8, 4) is 0 Å². The molecule has 0 fully saturated rings. The summed E-state index contributed by atoms with van der Waals surface area (Å²) in [6, 6.07) is 12.8. The average molecular weight is 261 g/mol. The van der Waals surface area contributed by atoms with Gasteiger partial charge in [-0.1, -0.05) is 31.2 Å². The molecule has 3 heteroatoms. The van der Waals surface area contributed by atoms with Gasteiger partial charge in [0.2, 0.25) is 0 Å². The lowest BCUT2D eigenvalue weighted by Crippen LogP contribution is -2.27. The molecule has 19 heavy (non-hydrogen) atoms. The number of halogens is 2. The first-order valence-electron chi connectivity index (χ1n) is 6.28. The van der Waals surface area contributed by atoms with Crippen LogP contribution < -0.4 is 5.73 Å². The van der Waals surface area contributed by atoms with Gasteiger partial charge in [0.25, 0.3) is 0 Å². The zero-order valence-electron chi connectivity index (χ0n) is 10.9. The van der Waals surface area contributed by atoms with Crippen LogP contribution in [0, 0.1) is 11.6 Å². The average Bonchev–Trinajstić information content (AvgIpc) is 2.40. The first-order chi connectivity index (χ1) is 9.06. The van der Waals surface area contributed by atoms with Crippen LogP contribution >= 0.6 is 0 Å². The van der Waals surface area contributed by atoms with Gasteiger partial charge in [0.05, 0.1) is 0 Å². The van der Waals surface area contributed by atoms with Gasteiger partial charge in [0.1, 0.15) is 11.6 Å². The summed E-state index contributed by atoms with van der Waals surface area (Å²) >= 11 is 0. The minimum Gasteiger partial charge on any atom is -0.330 e. The van der Waals surface area contributed by atoms with Crippen molar-refractivity contribution in [3.63, 3.8) is 0 Å². The van der Waals surface area contributed by atoms with Gasteiger partial charge in [-0.3, -0.25) is 0 Å². The Morgan fingerprint density at radius 2 is 1.21 bits per heavy atom. The van der Waals surface area contributed by atoms with Gasteiger partial charge in [0.15, 0.2) is 0 Å². The van der Waals surface area contributed by atoms with Crippen LogP contribution in [0.2, 0.25) is 0 Å². The van der Waals surface area contributed by atoms with E-state index in [1.165, 1.54) is 24.3 Å². The molecule has 0 aliphatic carbocycles. The second-order valence-electron chi connectivity index (χ2n) is 4.88. The Balaban J connectivity index is 2.47. The summed E-state index contributed by atoms with van der Waals surface area (Å²) in [6.45, 7) is 2.55. The SMILES string of the molecule is CC(CCN)(c1ccc(F)cc1)c1ccc(F)cc1. The second-order valence-corrected chi connectivity index (χ2v) is 4.88. The van der Waals surface area contributed by atoms with Crippen molar-refractivity contribution in [1.29, 1.82) is 0 Å². The molecule has 0 heterocycles. The molecule has 100 valence electrons. The molecule has 0 atom stereocenters. The maximum absolute atomic E-state index is 13.0. The molecule has 0 bridgehead atoms. The van der Waals surface area contributed by atoms with Crippen molar-refractivity contribution < 1.29 is 8.78 Å². The molecule has 0 saturated carbocycles. The molecule has 1 nitrogen and oxygen atoms in total. The van der Waals surface area contributed by atoms with Crippen LogP contribution in [0.3, 0.4) is 0 Å². The highest BCUT2D eigenvalue weighted by atomic mass is 19.1. The summed E-state index contributed by atoms with van der Waals surface area (Å²) in [5.41, 5.74) is 7.32. The van der Waals surface area contributed by atoms with Crippen LogP contribution in [0.15, 0.2) is 48.5 Å². The van der Waals surface area contributed by atoms with Crippen molar-refractivity contribution in [3.05, 3.63) is 71.3 Å². The molecule has 0 saturated heterocycles. The Hall–Kier alpha value is -1.74. The first-order valence-corrected chi connectivity index (χ1v) is 6.28. The topological polar surface area (TPSA) is 26.0 Å². The summed E-state index contributed by atoms with van der Waals surface area (Å²) in [5, 5.41) is 0. The Kier molecular flexibility index (Phi) is 3.96. The van der Waals surface area contributed by atoms with E-state index in [9.17, 15) is 8.78 Å². The van der Waals surface area contributed by atoms with Crippen molar-refractivity contribution in [2.45, 2.75) is 18.8 Å². The van der Waals surface area contributed by atoms with E-state index in [0.717, 1.165) is 11.1 Å². The third-order valence-electron chi connectivity index (χ3n) is 3.61. The van der Waals surface area contributed by atoms with Gasteiger partial charge < -0.3 is 5.73 Å². The van der Waals surface area contributed by atoms with Crippen molar-refractivity contribution in [1.82, 2.24) is 0 Å². The lowest BCUT2D eigenvalue weighted by atomic mass is 9.74. The Morgan fingerprint density at radius 3 is 1.53 bits per heavy atom. The van der Waals surface area contributed by atoms with E-state index in [4.69, 9.17) is 5.73 Å². The van der Waals surface area contributed by atoms with E-state index in [2.05, 4.69) is 0 Å². The zero-order chi connectivity index (χ0) is 13.9. The van der Waals surface area contributed by atoms with Gasteiger partial charge >= 0.3 is 0 Å². The van der Waals surface area contributed by atoms with Gasteiger partial charge in [-0.05, 0) is 48.4 Å². The van der Waals surface area contributed by atoms with Crippen LogP contribution in [0.1, 0.15) is 24.5 Å². The highest BCUT2D eigenvalue weighted by Gasteiger charge is 2.28. The molecule has 2 rings (SSSR count). The van der Waals surface area contributed by atoms with Crippen molar-refractivity contribution >= 4 is 0 Å². The van der Waals surface area contributed by atoms with Crippen molar-refractivity contribution in [2.24, 2.45) is 5.73 Å². The zero-order valence-corrected chi connectivity index (χ0v) is 10.9. The molecular weight excluding hydrogens is 244 g/mol. The smallest absolute Gasteiger partial charge is 0.123 e. The number of hydrogen-bond donors (Lipinski definition) is 1. The summed E-state index contributed by atoms with van der Waals surface area (Å²) in [6.07, 6.45) is 0.713. The summed E-state index contributed by atoms with van der Waals surface area (Å²) in [4.78, 5) is 0. The Morgan fingerprint density at radius 1 is 0.842 bits per heavy atom. The quantitative estimate of drug-likeness (QED) is 0.893. The maximum Gasteiger partial charge on any atom is 0.123 e. The van der Waals surface area contributed by atoms with E-state index >= 15 is 0 Å². The van der Waals surface area contributed by atoms with Crippen LogP contribution in [0.5, 0.6) is 0 Å². The predicted molar refractivity (Wildman–Crippen MR) is 72.9 cm³/mol. The first kappa shape index (κ1) is 13.7. The molecule has 0 aliphatic rings. The fourth-order valence-electron chi connectivity index (χ4n) is 2.38. The van der Waals surface area contributed by atoms with E-state index in [-0.39, 0.29) is 17.0 Å². The molecule has 0 radical (unpaired) electrons. The number of rotatable bonds is 4. The summed E-state index contributed by atoms with van der Waals surface area (Å²) in [7, 11) is 0. The monoisotopic (exact) mass is 261 g/mol. The Bertz CT molecular complexity index is 486. The molecule has 0 unspecified atom stereocenters. The summed E-state index contributed by atoms with van der Waals surface area (Å²) in [5.74, 6) is -0.532. The third kappa shape index (κ3) is 2.82. The van der Waals surface area contributed by atoms with E-state index in [1.807, 2.05) is 6.92 Å². The third-order valence-corrected chi connectivity index (χ3v) is 3.61. The van der Waals surface area contributed by atoms with E-state index < -0.39 is 0 Å². The molecule has 2 aromatic carbocycles. The molecule has 2 aromatic rings. The molecular formula is C16H17F2N. The van der Waals surface area contributed by atoms with Crippen LogP contribution in [-0.2, 0) is 5.41 Å². The lowest BCUT2D eigenvalue weighted by Gasteiger charge is -2.30. The largest absolute Gasteiger partial charge is 0.330 e. The van der Waals surface area contributed by atoms with Crippen LogP contribution in [0.25, 0.3) is 0 Å².